The molecule has 2 saturated heterocycles. The summed E-state index contributed by atoms with van der Waals surface area (Å²) in [5.74, 6) is -1.93. The number of hydrogen-bond acceptors (Lipinski definition) is 4. The Morgan fingerprint density at radius 2 is 2.00 bits per heavy atom. The zero-order valence-corrected chi connectivity index (χ0v) is 11.5. The fraction of sp³-hybridized carbons (Fsp3) is 0.571. The number of nitrogens with one attached hydrogen (secondary N) is 1. The Morgan fingerprint density at radius 3 is 2.76 bits per heavy atom. The van der Waals surface area contributed by atoms with Crippen LogP contribution in [0.3, 0.4) is 0 Å². The lowest BCUT2D eigenvalue weighted by Gasteiger charge is -2.33. The first-order valence-electron chi connectivity index (χ1n) is 7.20. The normalized spacial score (nSPS) is 25.6. The molecule has 21 heavy (non-hydrogen) atoms. The van der Waals surface area contributed by atoms with E-state index in [0.717, 1.165) is 38.4 Å². The van der Waals surface area contributed by atoms with Gasteiger partial charge in [-0.1, -0.05) is 6.42 Å². The van der Waals surface area contributed by atoms with Crippen LogP contribution in [0.2, 0.25) is 0 Å². The first-order chi connectivity index (χ1) is 10.1. The lowest BCUT2D eigenvalue weighted by molar-refractivity contribution is -0.387. The number of piperidine rings is 1. The molecule has 3 rings (SSSR count). The highest BCUT2D eigenvalue weighted by atomic mass is 19.1. The molecule has 0 aliphatic carbocycles. The van der Waals surface area contributed by atoms with E-state index in [-0.39, 0.29) is 11.7 Å². The molecule has 0 saturated carbocycles. The van der Waals surface area contributed by atoms with Crippen molar-refractivity contribution in [3.8, 4) is 0 Å². The number of benzene rings is 1. The maximum atomic E-state index is 13.8. The highest BCUT2D eigenvalue weighted by Crippen LogP contribution is 2.31. The Morgan fingerprint density at radius 1 is 1.19 bits per heavy atom. The second-order valence-corrected chi connectivity index (χ2v) is 5.68. The van der Waals surface area contributed by atoms with E-state index in [9.17, 15) is 18.9 Å². The third-order valence-electron chi connectivity index (χ3n) is 4.43. The molecular weight excluding hydrogens is 280 g/mol. The molecule has 0 aromatic heterocycles. The summed E-state index contributed by atoms with van der Waals surface area (Å²) in [6.07, 6.45) is 4.24. The molecule has 1 N–H and O–H groups in total. The number of fused-ring (bicyclic) bond motifs is 1. The summed E-state index contributed by atoms with van der Waals surface area (Å²) in [6, 6.07) is 1.93. The van der Waals surface area contributed by atoms with Gasteiger partial charge in [-0.2, -0.15) is 4.39 Å². The van der Waals surface area contributed by atoms with Gasteiger partial charge in [0.1, 0.15) is 5.82 Å². The summed E-state index contributed by atoms with van der Waals surface area (Å²) in [5, 5.41) is 13.8. The second-order valence-electron chi connectivity index (χ2n) is 5.68. The van der Waals surface area contributed by atoms with Gasteiger partial charge < -0.3 is 5.32 Å². The first-order valence-corrected chi connectivity index (χ1v) is 7.20. The topological polar surface area (TPSA) is 58.4 Å². The summed E-state index contributed by atoms with van der Waals surface area (Å²) < 4.78 is 27.2. The molecule has 0 bridgehead atoms. The van der Waals surface area contributed by atoms with Crippen LogP contribution in [0, 0.1) is 21.7 Å². The van der Waals surface area contributed by atoms with Crippen molar-refractivity contribution < 1.29 is 13.7 Å². The van der Waals surface area contributed by atoms with Crippen LogP contribution in [0.1, 0.15) is 25.7 Å². The monoisotopic (exact) mass is 297 g/mol. The number of nitro benzene ring substituents is 1. The van der Waals surface area contributed by atoms with Crippen molar-refractivity contribution in [2.24, 2.45) is 0 Å². The highest BCUT2D eigenvalue weighted by molar-refractivity contribution is 5.54. The largest absolute Gasteiger partial charge is 0.378 e. The van der Waals surface area contributed by atoms with Crippen LogP contribution in [0.5, 0.6) is 0 Å². The molecule has 2 atom stereocenters. The van der Waals surface area contributed by atoms with Crippen LogP contribution in [0.4, 0.5) is 20.2 Å². The highest BCUT2D eigenvalue weighted by Gasteiger charge is 2.36. The van der Waals surface area contributed by atoms with Crippen molar-refractivity contribution in [1.82, 2.24) is 4.90 Å². The minimum atomic E-state index is -1.14. The Kier molecular flexibility index (Phi) is 3.75. The van der Waals surface area contributed by atoms with E-state index in [2.05, 4.69) is 10.2 Å². The second kappa shape index (κ2) is 5.55. The molecule has 1 aromatic rings. The van der Waals surface area contributed by atoms with Crippen molar-refractivity contribution in [2.75, 3.05) is 18.4 Å². The minimum Gasteiger partial charge on any atom is -0.378 e. The Hall–Kier alpha value is -1.76. The molecule has 0 radical (unpaired) electrons. The smallest absolute Gasteiger partial charge is 0.307 e. The van der Waals surface area contributed by atoms with Crippen LogP contribution in [0.25, 0.3) is 0 Å². The number of anilines is 1. The lowest BCUT2D eigenvalue weighted by atomic mass is 9.99. The predicted octanol–water partition coefficient (Wildman–Crippen LogP) is 2.91. The minimum absolute atomic E-state index is 0.0144. The van der Waals surface area contributed by atoms with Crippen LogP contribution in [-0.2, 0) is 0 Å². The standard InChI is InChI=1S/C14H17F2N3O2/c15-9-7-10(16)14(19(20)21)8-12(9)17-11-4-6-18-5-2-1-3-13(11)18/h7-8,11,13,17H,1-6H2. The van der Waals surface area contributed by atoms with Crippen LogP contribution in [-0.4, -0.2) is 35.0 Å². The van der Waals surface area contributed by atoms with Crippen LogP contribution >= 0.6 is 0 Å². The van der Waals surface area contributed by atoms with E-state index >= 15 is 0 Å². The SMILES string of the molecule is O=[N+]([O-])c1cc(NC2CCN3CCCCC23)c(F)cc1F. The van der Waals surface area contributed by atoms with Crippen LogP contribution < -0.4 is 5.32 Å². The van der Waals surface area contributed by atoms with Gasteiger partial charge in [-0.05, 0) is 25.8 Å². The number of nitrogens with zero attached hydrogens (tertiary/aromatic N) is 2. The van der Waals surface area contributed by atoms with Gasteiger partial charge in [0.15, 0.2) is 0 Å². The molecule has 2 heterocycles. The molecule has 0 amide bonds. The number of halogens is 2. The summed E-state index contributed by atoms with van der Waals surface area (Å²) in [6.45, 7) is 2.00. The van der Waals surface area contributed by atoms with Gasteiger partial charge in [0.05, 0.1) is 10.6 Å². The Balaban J connectivity index is 1.81. The molecule has 114 valence electrons. The number of nitro groups is 1. The molecule has 2 unspecified atom stereocenters. The van der Waals surface area contributed by atoms with Gasteiger partial charge in [0.2, 0.25) is 5.82 Å². The Bertz CT molecular complexity index is 567. The fourth-order valence-electron chi connectivity index (χ4n) is 3.40. The van der Waals surface area contributed by atoms with Crippen molar-refractivity contribution in [3.63, 3.8) is 0 Å². The third-order valence-corrected chi connectivity index (χ3v) is 4.43. The van der Waals surface area contributed by atoms with Crippen molar-refractivity contribution >= 4 is 11.4 Å². The maximum Gasteiger partial charge on any atom is 0.307 e. The molecule has 1 aromatic carbocycles. The number of rotatable bonds is 3. The van der Waals surface area contributed by atoms with Crippen LogP contribution in [0.15, 0.2) is 12.1 Å². The molecule has 7 heteroatoms. The van der Waals surface area contributed by atoms with Gasteiger partial charge in [0, 0.05) is 30.8 Å². The zero-order valence-electron chi connectivity index (χ0n) is 11.5. The third kappa shape index (κ3) is 2.70. The van der Waals surface area contributed by atoms with Gasteiger partial charge in [0.25, 0.3) is 0 Å². The maximum absolute atomic E-state index is 13.8. The average Bonchev–Trinajstić information content (AvgIpc) is 2.85. The van der Waals surface area contributed by atoms with Gasteiger partial charge in [-0.3, -0.25) is 15.0 Å². The molecule has 2 aliphatic rings. The molecule has 5 nitrogen and oxygen atoms in total. The summed E-state index contributed by atoms with van der Waals surface area (Å²) >= 11 is 0. The van der Waals surface area contributed by atoms with E-state index in [1.165, 1.54) is 6.42 Å². The van der Waals surface area contributed by atoms with Crippen molar-refractivity contribution in [3.05, 3.63) is 33.9 Å². The zero-order chi connectivity index (χ0) is 15.0. The molecular formula is C14H17F2N3O2. The lowest BCUT2D eigenvalue weighted by Crippen LogP contribution is -2.41. The quantitative estimate of drug-likeness (QED) is 0.688. The van der Waals surface area contributed by atoms with E-state index in [4.69, 9.17) is 0 Å². The summed E-state index contributed by atoms with van der Waals surface area (Å²) in [5.41, 5.74) is -0.682. The van der Waals surface area contributed by atoms with Gasteiger partial charge in [-0.15, -0.1) is 0 Å². The van der Waals surface area contributed by atoms with Crippen molar-refractivity contribution in [1.29, 1.82) is 0 Å². The van der Waals surface area contributed by atoms with Gasteiger partial charge in [-0.25, -0.2) is 4.39 Å². The average molecular weight is 297 g/mol. The predicted molar refractivity (Wildman–Crippen MR) is 74.3 cm³/mol. The molecule has 2 fully saturated rings. The fourth-order valence-corrected chi connectivity index (χ4v) is 3.40. The molecule has 2 aliphatic heterocycles. The number of hydrogen-bond donors (Lipinski definition) is 1. The summed E-state index contributed by atoms with van der Waals surface area (Å²) in [4.78, 5) is 12.3. The van der Waals surface area contributed by atoms with Gasteiger partial charge >= 0.3 is 5.69 Å². The molecule has 0 spiro atoms. The van der Waals surface area contributed by atoms with Crippen molar-refractivity contribution in [2.45, 2.75) is 37.8 Å². The van der Waals surface area contributed by atoms with E-state index in [1.807, 2.05) is 0 Å². The van der Waals surface area contributed by atoms with E-state index in [1.54, 1.807) is 0 Å². The Labute approximate surface area is 121 Å². The summed E-state index contributed by atoms with van der Waals surface area (Å²) in [7, 11) is 0. The van der Waals surface area contributed by atoms with E-state index in [0.29, 0.717) is 12.1 Å². The van der Waals surface area contributed by atoms with E-state index < -0.39 is 22.2 Å². The first kappa shape index (κ1) is 14.2.